The van der Waals surface area contributed by atoms with Gasteiger partial charge in [-0.05, 0) is 31.5 Å². The van der Waals surface area contributed by atoms with Crippen molar-refractivity contribution in [2.45, 2.75) is 19.8 Å². The highest BCUT2D eigenvalue weighted by Gasteiger charge is 2.36. The first-order valence-electron chi connectivity index (χ1n) is 6.70. The zero-order chi connectivity index (χ0) is 16.3. The number of carbonyl (C=O) groups excluding carboxylic acids is 1. The third-order valence-electron chi connectivity index (χ3n) is 3.28. The molecule has 1 aromatic rings. The molecule has 1 aliphatic heterocycles. The van der Waals surface area contributed by atoms with Crippen molar-refractivity contribution in [3.8, 4) is 6.07 Å². The zero-order valence-corrected chi connectivity index (χ0v) is 12.2. The van der Waals surface area contributed by atoms with Crippen molar-refractivity contribution >= 4 is 5.97 Å². The van der Waals surface area contributed by atoms with Crippen molar-refractivity contribution < 1.29 is 18.7 Å². The van der Waals surface area contributed by atoms with E-state index < -0.39 is 17.7 Å². The fourth-order valence-corrected chi connectivity index (χ4v) is 2.37. The molecule has 2 rings (SSSR count). The molecule has 0 saturated heterocycles. The Morgan fingerprint density at radius 3 is 2.86 bits per heavy atom. The second-order valence-electron chi connectivity index (χ2n) is 4.67. The van der Waals surface area contributed by atoms with Crippen LogP contribution < -0.4 is 5.73 Å². The highest BCUT2D eigenvalue weighted by Crippen LogP contribution is 2.39. The largest absolute Gasteiger partial charge is 0.463 e. The van der Waals surface area contributed by atoms with Crippen LogP contribution in [-0.4, -0.2) is 12.6 Å². The number of nitriles is 1. The van der Waals surface area contributed by atoms with Crippen LogP contribution in [0.25, 0.3) is 0 Å². The number of hydrogen-bond acceptors (Lipinski definition) is 5. The molecule has 0 bridgehead atoms. The number of allylic oxidation sites excluding steroid dienone is 2. The van der Waals surface area contributed by atoms with Gasteiger partial charge in [-0.3, -0.25) is 0 Å². The maximum absolute atomic E-state index is 13.5. The summed E-state index contributed by atoms with van der Waals surface area (Å²) >= 11 is 0. The van der Waals surface area contributed by atoms with Crippen molar-refractivity contribution in [3.05, 3.63) is 58.4 Å². The molecule has 0 aromatic heterocycles. The number of hydrogen-bond donors (Lipinski definition) is 1. The van der Waals surface area contributed by atoms with Crippen molar-refractivity contribution in [2.24, 2.45) is 5.73 Å². The van der Waals surface area contributed by atoms with Gasteiger partial charge < -0.3 is 15.2 Å². The second-order valence-corrected chi connectivity index (χ2v) is 4.67. The van der Waals surface area contributed by atoms with Crippen LogP contribution in [0.15, 0.2) is 47.1 Å². The van der Waals surface area contributed by atoms with Gasteiger partial charge >= 0.3 is 5.97 Å². The Morgan fingerprint density at radius 1 is 1.55 bits per heavy atom. The molecule has 0 fully saturated rings. The second kappa shape index (κ2) is 6.31. The molecule has 0 amide bonds. The summed E-state index contributed by atoms with van der Waals surface area (Å²) in [4.78, 5) is 12.2. The lowest BCUT2D eigenvalue weighted by atomic mass is 9.83. The van der Waals surface area contributed by atoms with E-state index in [0.29, 0.717) is 5.56 Å². The molecule has 1 unspecified atom stereocenters. The van der Waals surface area contributed by atoms with Gasteiger partial charge in [-0.2, -0.15) is 5.26 Å². The Balaban J connectivity index is 2.62. The van der Waals surface area contributed by atoms with Crippen LogP contribution in [0.2, 0.25) is 0 Å². The highest BCUT2D eigenvalue weighted by atomic mass is 19.1. The summed E-state index contributed by atoms with van der Waals surface area (Å²) < 4.78 is 23.8. The van der Waals surface area contributed by atoms with Crippen LogP contribution in [0.1, 0.15) is 25.3 Å². The summed E-state index contributed by atoms with van der Waals surface area (Å²) in [6.45, 7) is 3.40. The average Bonchev–Trinajstić information content (AvgIpc) is 2.46. The van der Waals surface area contributed by atoms with E-state index in [2.05, 4.69) is 0 Å². The van der Waals surface area contributed by atoms with Crippen LogP contribution in [0, 0.1) is 17.1 Å². The lowest BCUT2D eigenvalue weighted by Crippen LogP contribution is -2.25. The molecule has 114 valence electrons. The summed E-state index contributed by atoms with van der Waals surface area (Å²) in [5.41, 5.74) is 6.38. The third-order valence-corrected chi connectivity index (χ3v) is 3.28. The number of ether oxygens (including phenoxy) is 2. The van der Waals surface area contributed by atoms with Crippen molar-refractivity contribution in [3.63, 3.8) is 0 Å². The molecule has 1 heterocycles. The molecule has 1 aliphatic rings. The SMILES string of the molecule is CCOC(=O)C1=C(C)OC(N)=C(C#N)C1c1cccc(F)c1. The van der Waals surface area contributed by atoms with Crippen LogP contribution in [0.5, 0.6) is 0 Å². The van der Waals surface area contributed by atoms with E-state index in [1.807, 2.05) is 6.07 Å². The number of esters is 1. The van der Waals surface area contributed by atoms with E-state index >= 15 is 0 Å². The molecule has 0 saturated carbocycles. The minimum atomic E-state index is -0.812. The van der Waals surface area contributed by atoms with Crippen molar-refractivity contribution in [1.82, 2.24) is 0 Å². The minimum absolute atomic E-state index is 0.0549. The fourth-order valence-electron chi connectivity index (χ4n) is 2.37. The van der Waals surface area contributed by atoms with Gasteiger partial charge in [0.15, 0.2) is 0 Å². The van der Waals surface area contributed by atoms with Crippen molar-refractivity contribution in [1.29, 1.82) is 5.26 Å². The first-order valence-corrected chi connectivity index (χ1v) is 6.70. The number of nitrogens with two attached hydrogens (primary N) is 1. The summed E-state index contributed by atoms with van der Waals surface area (Å²) in [6.07, 6.45) is 0. The normalized spacial score (nSPS) is 17.8. The van der Waals surface area contributed by atoms with Crippen LogP contribution >= 0.6 is 0 Å². The highest BCUT2D eigenvalue weighted by molar-refractivity contribution is 5.92. The van der Waals surface area contributed by atoms with E-state index in [0.717, 1.165) is 0 Å². The summed E-state index contributed by atoms with van der Waals surface area (Å²) in [7, 11) is 0. The van der Waals surface area contributed by atoms with E-state index in [9.17, 15) is 14.4 Å². The topological polar surface area (TPSA) is 85.3 Å². The van der Waals surface area contributed by atoms with Gasteiger partial charge in [0, 0.05) is 0 Å². The molecule has 0 aliphatic carbocycles. The monoisotopic (exact) mass is 302 g/mol. The quantitative estimate of drug-likeness (QED) is 0.867. The van der Waals surface area contributed by atoms with E-state index in [4.69, 9.17) is 15.2 Å². The molecule has 1 aromatic carbocycles. The molecule has 0 spiro atoms. The number of nitrogens with zero attached hydrogens (tertiary/aromatic N) is 1. The summed E-state index contributed by atoms with van der Waals surface area (Å²) in [5.74, 6) is -1.75. The van der Waals surface area contributed by atoms with Gasteiger partial charge in [0.1, 0.15) is 23.2 Å². The molecule has 6 heteroatoms. The lowest BCUT2D eigenvalue weighted by molar-refractivity contribution is -0.139. The van der Waals surface area contributed by atoms with Gasteiger partial charge in [-0.25, -0.2) is 9.18 Å². The number of rotatable bonds is 3. The Kier molecular flexibility index (Phi) is 4.47. The molecular formula is C16H15FN2O3. The van der Waals surface area contributed by atoms with Gasteiger partial charge in [0.05, 0.1) is 18.1 Å². The molecule has 1 atom stereocenters. The molecule has 5 nitrogen and oxygen atoms in total. The van der Waals surface area contributed by atoms with Crippen LogP contribution in [-0.2, 0) is 14.3 Å². The maximum atomic E-state index is 13.5. The summed E-state index contributed by atoms with van der Waals surface area (Å²) in [5, 5.41) is 9.34. The third kappa shape index (κ3) is 2.79. The minimum Gasteiger partial charge on any atom is -0.463 e. The van der Waals surface area contributed by atoms with Crippen LogP contribution in [0.4, 0.5) is 4.39 Å². The standard InChI is InChI=1S/C16H15FN2O3/c1-3-21-16(20)13-9(2)22-15(19)12(8-18)14(13)10-5-4-6-11(17)7-10/h4-7,14H,3,19H2,1-2H3. The smallest absolute Gasteiger partial charge is 0.338 e. The fraction of sp³-hybridized carbons (Fsp3) is 0.250. The zero-order valence-electron chi connectivity index (χ0n) is 12.2. The molecule has 2 N–H and O–H groups in total. The Labute approximate surface area is 127 Å². The van der Waals surface area contributed by atoms with Gasteiger partial charge in [0.2, 0.25) is 5.88 Å². The van der Waals surface area contributed by atoms with E-state index in [1.54, 1.807) is 19.9 Å². The summed E-state index contributed by atoms with van der Waals surface area (Å²) in [6, 6.07) is 7.60. The number of carbonyl (C=O) groups is 1. The molecular weight excluding hydrogens is 287 g/mol. The molecule has 0 radical (unpaired) electrons. The van der Waals surface area contributed by atoms with E-state index in [1.165, 1.54) is 18.2 Å². The van der Waals surface area contributed by atoms with Crippen molar-refractivity contribution in [2.75, 3.05) is 6.61 Å². The van der Waals surface area contributed by atoms with E-state index in [-0.39, 0.29) is 29.4 Å². The Morgan fingerprint density at radius 2 is 2.27 bits per heavy atom. The molecule has 22 heavy (non-hydrogen) atoms. The first kappa shape index (κ1) is 15.6. The van der Waals surface area contributed by atoms with Gasteiger partial charge in [-0.15, -0.1) is 0 Å². The predicted molar refractivity (Wildman–Crippen MR) is 76.4 cm³/mol. The van der Waals surface area contributed by atoms with Gasteiger partial charge in [0.25, 0.3) is 0 Å². The van der Waals surface area contributed by atoms with Crippen LogP contribution in [0.3, 0.4) is 0 Å². The predicted octanol–water partition coefficient (Wildman–Crippen LogP) is 2.47. The Bertz CT molecular complexity index is 716. The van der Waals surface area contributed by atoms with Gasteiger partial charge in [-0.1, -0.05) is 12.1 Å². The number of benzene rings is 1. The Hall–Kier alpha value is -2.81. The average molecular weight is 302 g/mol. The number of halogens is 1. The first-order chi connectivity index (χ1) is 10.5. The lowest BCUT2D eigenvalue weighted by Gasteiger charge is -2.26. The maximum Gasteiger partial charge on any atom is 0.338 e.